The zero-order valence-corrected chi connectivity index (χ0v) is 21.1. The third-order valence-corrected chi connectivity index (χ3v) is 8.34. The molecule has 1 amide bonds. The van der Waals surface area contributed by atoms with E-state index in [1.165, 1.54) is 19.1 Å². The molecule has 0 spiro atoms. The zero-order valence-electron chi connectivity index (χ0n) is 20.3. The van der Waals surface area contributed by atoms with Gasteiger partial charge in [-0.2, -0.15) is 4.72 Å². The van der Waals surface area contributed by atoms with Crippen LogP contribution >= 0.6 is 0 Å². The van der Waals surface area contributed by atoms with E-state index in [0.717, 1.165) is 35.1 Å². The van der Waals surface area contributed by atoms with Crippen molar-refractivity contribution in [3.63, 3.8) is 0 Å². The SMILES string of the molecule is Cc1ccc(NC(=O)C2(c3ccc4c(c3)OCO4)CC2)cc1-c1ccc(S(=O)(=O)N[C@H](C)C(=O)O)cc1.[HH]. The average molecular weight is 525 g/mol. The van der Waals surface area contributed by atoms with E-state index in [0.29, 0.717) is 17.2 Å². The Morgan fingerprint density at radius 1 is 1.00 bits per heavy atom. The first kappa shape index (κ1) is 24.8. The molecule has 194 valence electrons. The molecule has 1 atom stereocenters. The minimum absolute atomic E-state index is 0. The highest BCUT2D eigenvalue weighted by Crippen LogP contribution is 2.51. The van der Waals surface area contributed by atoms with Crippen LogP contribution in [0.25, 0.3) is 11.1 Å². The minimum Gasteiger partial charge on any atom is -0.480 e. The van der Waals surface area contributed by atoms with Crippen molar-refractivity contribution >= 4 is 27.6 Å². The van der Waals surface area contributed by atoms with Crippen LogP contribution in [0, 0.1) is 6.92 Å². The van der Waals surface area contributed by atoms with Crippen LogP contribution in [0.3, 0.4) is 0 Å². The number of hydrogen-bond donors (Lipinski definition) is 3. The number of sulfonamides is 1. The summed E-state index contributed by atoms with van der Waals surface area (Å²) in [5.41, 5.74) is 3.46. The molecule has 5 rings (SSSR count). The average Bonchev–Trinajstić information content (AvgIpc) is 3.55. The fourth-order valence-corrected chi connectivity index (χ4v) is 5.59. The standard InChI is InChI=1S/C27H26N2O7S.H2/c1-16-3-7-20(28-26(32)27(11-12-27)19-6-10-23-24(13-19)36-15-35-23)14-22(16)18-4-8-21(9-5-18)37(33,34)29-17(2)25(30)31;/h3-10,13-14,17,29H,11-12,15H2,1-2H3,(H,28,32)(H,30,31);1H/t17-;/m1./s1. The molecule has 1 aliphatic heterocycles. The lowest BCUT2D eigenvalue weighted by atomic mass is 9.94. The van der Waals surface area contributed by atoms with Crippen molar-refractivity contribution in [2.24, 2.45) is 0 Å². The largest absolute Gasteiger partial charge is 0.480 e. The van der Waals surface area contributed by atoms with Gasteiger partial charge in [0.2, 0.25) is 22.7 Å². The fraction of sp³-hybridized carbons (Fsp3) is 0.259. The van der Waals surface area contributed by atoms with Gasteiger partial charge in [-0.1, -0.05) is 24.3 Å². The minimum atomic E-state index is -3.98. The maximum Gasteiger partial charge on any atom is 0.321 e. The molecule has 10 heteroatoms. The van der Waals surface area contributed by atoms with Crippen LogP contribution in [-0.4, -0.2) is 38.2 Å². The molecule has 37 heavy (non-hydrogen) atoms. The maximum atomic E-state index is 13.3. The smallest absolute Gasteiger partial charge is 0.321 e. The van der Waals surface area contributed by atoms with E-state index < -0.39 is 27.4 Å². The Hall–Kier alpha value is -3.89. The Morgan fingerprint density at radius 2 is 1.70 bits per heavy atom. The summed E-state index contributed by atoms with van der Waals surface area (Å²) >= 11 is 0. The van der Waals surface area contributed by atoms with E-state index in [1.54, 1.807) is 12.1 Å². The van der Waals surface area contributed by atoms with Gasteiger partial charge in [0.1, 0.15) is 6.04 Å². The van der Waals surface area contributed by atoms with Crippen LogP contribution in [-0.2, 0) is 25.0 Å². The van der Waals surface area contributed by atoms with Crippen molar-refractivity contribution in [1.29, 1.82) is 0 Å². The van der Waals surface area contributed by atoms with Crippen molar-refractivity contribution in [3.05, 3.63) is 71.8 Å². The Morgan fingerprint density at radius 3 is 2.38 bits per heavy atom. The van der Waals surface area contributed by atoms with Gasteiger partial charge in [-0.15, -0.1) is 0 Å². The van der Waals surface area contributed by atoms with Gasteiger partial charge in [-0.3, -0.25) is 9.59 Å². The highest BCUT2D eigenvalue weighted by molar-refractivity contribution is 7.89. The van der Waals surface area contributed by atoms with E-state index in [1.807, 2.05) is 43.3 Å². The number of aliphatic carboxylic acids is 1. The quantitative estimate of drug-likeness (QED) is 0.405. The number of carbonyl (C=O) groups excluding carboxylic acids is 1. The summed E-state index contributed by atoms with van der Waals surface area (Å²) < 4.78 is 37.9. The summed E-state index contributed by atoms with van der Waals surface area (Å²) in [6, 6.07) is 16.1. The predicted molar refractivity (Wildman–Crippen MR) is 138 cm³/mol. The molecule has 1 saturated carbocycles. The second-order valence-electron chi connectivity index (χ2n) is 9.34. The lowest BCUT2D eigenvalue weighted by Gasteiger charge is -2.17. The van der Waals surface area contributed by atoms with Gasteiger partial charge in [0.25, 0.3) is 0 Å². The Balaban J connectivity index is 0.00000336. The molecule has 9 nitrogen and oxygen atoms in total. The normalized spacial score (nSPS) is 16.2. The van der Waals surface area contributed by atoms with Gasteiger partial charge in [0.05, 0.1) is 10.3 Å². The van der Waals surface area contributed by atoms with E-state index in [2.05, 4.69) is 10.0 Å². The van der Waals surface area contributed by atoms with Gasteiger partial charge < -0.3 is 19.9 Å². The van der Waals surface area contributed by atoms with Crippen LogP contribution in [0.4, 0.5) is 5.69 Å². The number of ether oxygens (including phenoxy) is 2. The molecule has 1 aliphatic carbocycles. The van der Waals surface area contributed by atoms with E-state index in [4.69, 9.17) is 14.6 Å². The maximum absolute atomic E-state index is 13.3. The summed E-state index contributed by atoms with van der Waals surface area (Å²) in [6.07, 6.45) is 1.48. The first-order valence-electron chi connectivity index (χ1n) is 11.8. The fourth-order valence-electron chi connectivity index (χ4n) is 4.39. The van der Waals surface area contributed by atoms with Crippen molar-refractivity contribution in [2.45, 2.75) is 43.0 Å². The number of aryl methyl sites for hydroxylation is 1. The molecule has 3 aromatic rings. The van der Waals surface area contributed by atoms with Gasteiger partial charge in [0.15, 0.2) is 11.5 Å². The second-order valence-corrected chi connectivity index (χ2v) is 11.1. The molecule has 0 unspecified atom stereocenters. The molecule has 1 fully saturated rings. The molecule has 0 bridgehead atoms. The molecule has 2 aliphatic rings. The molecule has 1 heterocycles. The van der Waals surface area contributed by atoms with Gasteiger partial charge >= 0.3 is 5.97 Å². The van der Waals surface area contributed by atoms with Crippen molar-refractivity contribution in [1.82, 2.24) is 4.72 Å². The van der Waals surface area contributed by atoms with Gasteiger partial charge in [-0.25, -0.2) is 8.42 Å². The third-order valence-electron chi connectivity index (χ3n) is 6.78. The number of carboxylic acids is 1. The number of hydrogen-bond acceptors (Lipinski definition) is 6. The summed E-state index contributed by atoms with van der Waals surface area (Å²) in [5.74, 6) is -0.0381. The molecule has 3 N–H and O–H groups in total. The second kappa shape index (κ2) is 9.20. The van der Waals surface area contributed by atoms with Crippen molar-refractivity contribution < 1.29 is 34.0 Å². The highest BCUT2D eigenvalue weighted by Gasteiger charge is 2.51. The van der Waals surface area contributed by atoms with E-state index >= 15 is 0 Å². The number of amides is 1. The topological polar surface area (TPSA) is 131 Å². The Labute approximate surface area is 216 Å². The number of rotatable bonds is 8. The molecule has 0 radical (unpaired) electrons. The Bertz CT molecular complexity index is 1500. The Kier molecular flexibility index (Phi) is 6.17. The first-order chi connectivity index (χ1) is 17.6. The number of benzene rings is 3. The molecular formula is C27H28N2O7S. The van der Waals surface area contributed by atoms with Crippen molar-refractivity contribution in [3.8, 4) is 22.6 Å². The zero-order chi connectivity index (χ0) is 26.4. The molecule has 3 aromatic carbocycles. The lowest BCUT2D eigenvalue weighted by Crippen LogP contribution is -2.38. The van der Waals surface area contributed by atoms with Crippen LogP contribution in [0.2, 0.25) is 0 Å². The summed E-state index contributed by atoms with van der Waals surface area (Å²) in [5, 5.41) is 12.0. The van der Waals surface area contributed by atoms with Crippen LogP contribution < -0.4 is 19.5 Å². The number of anilines is 1. The first-order valence-corrected chi connectivity index (χ1v) is 13.3. The third kappa shape index (κ3) is 4.77. The number of carbonyl (C=O) groups is 2. The van der Waals surface area contributed by atoms with Crippen LogP contribution in [0.1, 0.15) is 32.3 Å². The van der Waals surface area contributed by atoms with Gasteiger partial charge in [0, 0.05) is 7.11 Å². The van der Waals surface area contributed by atoms with E-state index in [-0.39, 0.29) is 19.0 Å². The van der Waals surface area contributed by atoms with Crippen LogP contribution in [0.5, 0.6) is 11.5 Å². The number of fused-ring (bicyclic) bond motifs is 1. The summed E-state index contributed by atoms with van der Waals surface area (Å²) in [7, 11) is -3.98. The predicted octanol–water partition coefficient (Wildman–Crippen LogP) is 4.06. The number of carboxylic acid groups (broad SMARTS) is 1. The monoisotopic (exact) mass is 524 g/mol. The van der Waals surface area contributed by atoms with Gasteiger partial charge in [-0.05, 0) is 85.3 Å². The molecular weight excluding hydrogens is 496 g/mol. The summed E-state index contributed by atoms with van der Waals surface area (Å²) in [4.78, 5) is 24.3. The number of nitrogens with one attached hydrogen (secondary N) is 2. The summed E-state index contributed by atoms with van der Waals surface area (Å²) in [6.45, 7) is 3.36. The van der Waals surface area contributed by atoms with Crippen LogP contribution in [0.15, 0.2) is 65.6 Å². The van der Waals surface area contributed by atoms with Crippen molar-refractivity contribution in [2.75, 3.05) is 12.1 Å². The lowest BCUT2D eigenvalue weighted by molar-refractivity contribution is -0.138. The highest BCUT2D eigenvalue weighted by atomic mass is 32.2. The van der Waals surface area contributed by atoms with E-state index in [9.17, 15) is 18.0 Å². The molecule has 0 saturated heterocycles. The molecule has 0 aromatic heterocycles.